The zero-order valence-corrected chi connectivity index (χ0v) is 14.8. The van der Waals surface area contributed by atoms with Gasteiger partial charge in [-0.05, 0) is 42.8 Å². The molecule has 2 aromatic carbocycles. The van der Waals surface area contributed by atoms with Crippen molar-refractivity contribution in [2.75, 3.05) is 7.11 Å². The number of methoxy groups -OCH3 is 1. The van der Waals surface area contributed by atoms with E-state index < -0.39 is 6.10 Å². The fourth-order valence-corrected chi connectivity index (χ4v) is 2.42. The highest BCUT2D eigenvalue weighted by Gasteiger charge is 2.19. The number of ketones is 1. The lowest BCUT2D eigenvalue weighted by Crippen LogP contribution is -2.13. The first-order chi connectivity index (χ1) is 12.3. The van der Waals surface area contributed by atoms with Gasteiger partial charge >= 0.3 is 0 Å². The Morgan fingerprint density at radius 3 is 2.42 bits per heavy atom. The average Bonchev–Trinajstić information content (AvgIpc) is 2.62. The van der Waals surface area contributed by atoms with E-state index in [1.165, 1.54) is 31.4 Å². The first-order valence-electron chi connectivity index (χ1n) is 8.07. The van der Waals surface area contributed by atoms with Crippen LogP contribution < -0.4 is 4.74 Å². The standard InChI is InChI=1S/C21H22O5/c1-13(2)19(24)12-17-20(26-3)11-9-16(21(17)25)18(23)10-6-14-4-7-15(22)8-5-14/h4-11,19,22,24-25H,1,12H2,2-3H3/b10-6+/t19-/m1/s1. The lowest BCUT2D eigenvalue weighted by molar-refractivity contribution is 0.104. The smallest absolute Gasteiger partial charge is 0.189 e. The van der Waals surface area contributed by atoms with Crippen LogP contribution in [0, 0.1) is 0 Å². The predicted molar refractivity (Wildman–Crippen MR) is 101 cm³/mol. The van der Waals surface area contributed by atoms with E-state index in [2.05, 4.69) is 6.58 Å². The van der Waals surface area contributed by atoms with Crippen molar-refractivity contribution in [2.24, 2.45) is 0 Å². The number of hydrogen-bond donors (Lipinski definition) is 3. The molecule has 0 saturated heterocycles. The van der Waals surface area contributed by atoms with Crippen molar-refractivity contribution in [3.63, 3.8) is 0 Å². The summed E-state index contributed by atoms with van der Waals surface area (Å²) in [6.07, 6.45) is 2.17. The molecule has 0 radical (unpaired) electrons. The maximum atomic E-state index is 12.5. The first-order valence-corrected chi connectivity index (χ1v) is 8.07. The zero-order valence-electron chi connectivity index (χ0n) is 14.8. The molecular formula is C21H22O5. The Kier molecular flexibility index (Phi) is 6.20. The van der Waals surface area contributed by atoms with E-state index in [-0.39, 0.29) is 29.3 Å². The van der Waals surface area contributed by atoms with E-state index in [0.717, 1.165) is 5.56 Å². The van der Waals surface area contributed by atoms with Gasteiger partial charge in [0.1, 0.15) is 17.2 Å². The van der Waals surface area contributed by atoms with E-state index in [1.54, 1.807) is 31.2 Å². The van der Waals surface area contributed by atoms with Gasteiger partial charge in [0.25, 0.3) is 0 Å². The fourth-order valence-electron chi connectivity index (χ4n) is 2.42. The van der Waals surface area contributed by atoms with Crippen LogP contribution >= 0.6 is 0 Å². The molecule has 136 valence electrons. The van der Waals surface area contributed by atoms with Crippen molar-refractivity contribution in [2.45, 2.75) is 19.4 Å². The highest BCUT2D eigenvalue weighted by atomic mass is 16.5. The number of aliphatic hydroxyl groups is 1. The van der Waals surface area contributed by atoms with Gasteiger partial charge in [-0.3, -0.25) is 4.79 Å². The molecule has 5 nitrogen and oxygen atoms in total. The molecule has 0 aliphatic carbocycles. The van der Waals surface area contributed by atoms with E-state index in [9.17, 15) is 20.1 Å². The predicted octanol–water partition coefficient (Wildman–Crippen LogP) is 3.48. The molecule has 0 amide bonds. The monoisotopic (exact) mass is 354 g/mol. The molecule has 0 aromatic heterocycles. The molecule has 0 aliphatic heterocycles. The number of carbonyl (C=O) groups excluding carboxylic acids is 1. The molecule has 0 fully saturated rings. The number of aliphatic hydroxyl groups excluding tert-OH is 1. The second-order valence-electron chi connectivity index (χ2n) is 6.00. The quantitative estimate of drug-likeness (QED) is 0.402. The van der Waals surface area contributed by atoms with Crippen molar-refractivity contribution in [3.8, 4) is 17.2 Å². The second-order valence-corrected chi connectivity index (χ2v) is 6.00. The third-order valence-corrected chi connectivity index (χ3v) is 4.01. The summed E-state index contributed by atoms with van der Waals surface area (Å²) < 4.78 is 5.23. The van der Waals surface area contributed by atoms with Crippen LogP contribution in [0.3, 0.4) is 0 Å². The molecule has 0 heterocycles. The third kappa shape index (κ3) is 4.52. The van der Waals surface area contributed by atoms with Gasteiger partial charge in [0.2, 0.25) is 0 Å². The number of rotatable bonds is 7. The summed E-state index contributed by atoms with van der Waals surface area (Å²) in [5.74, 6) is -0.0712. The summed E-state index contributed by atoms with van der Waals surface area (Å²) in [6.45, 7) is 5.38. The molecule has 26 heavy (non-hydrogen) atoms. The Balaban J connectivity index is 2.32. The molecule has 2 aromatic rings. The summed E-state index contributed by atoms with van der Waals surface area (Å²) >= 11 is 0. The Bertz CT molecular complexity index is 834. The van der Waals surface area contributed by atoms with E-state index >= 15 is 0 Å². The lowest BCUT2D eigenvalue weighted by Gasteiger charge is -2.16. The number of carbonyl (C=O) groups is 1. The largest absolute Gasteiger partial charge is 0.508 e. The maximum absolute atomic E-state index is 12.5. The molecule has 3 N–H and O–H groups in total. The summed E-state index contributed by atoms with van der Waals surface area (Å²) in [4.78, 5) is 12.5. The Morgan fingerprint density at radius 1 is 1.19 bits per heavy atom. The molecular weight excluding hydrogens is 332 g/mol. The van der Waals surface area contributed by atoms with Gasteiger partial charge in [-0.1, -0.05) is 30.4 Å². The van der Waals surface area contributed by atoms with Gasteiger partial charge in [0.05, 0.1) is 18.8 Å². The van der Waals surface area contributed by atoms with Crippen LogP contribution in [-0.2, 0) is 6.42 Å². The van der Waals surface area contributed by atoms with Crippen molar-refractivity contribution in [3.05, 3.63) is 71.3 Å². The van der Waals surface area contributed by atoms with Crippen molar-refractivity contribution in [1.29, 1.82) is 0 Å². The van der Waals surface area contributed by atoms with Crippen LogP contribution in [0.1, 0.15) is 28.4 Å². The van der Waals surface area contributed by atoms with Crippen LogP contribution in [0.5, 0.6) is 17.2 Å². The van der Waals surface area contributed by atoms with Crippen LogP contribution in [0.15, 0.2) is 54.6 Å². The zero-order chi connectivity index (χ0) is 19.3. The van der Waals surface area contributed by atoms with Gasteiger partial charge in [0.15, 0.2) is 5.78 Å². The minimum atomic E-state index is -0.854. The number of ether oxygens (including phenoxy) is 1. The number of allylic oxidation sites excluding steroid dienone is 1. The van der Waals surface area contributed by atoms with Crippen LogP contribution in [0.25, 0.3) is 6.08 Å². The second kappa shape index (κ2) is 8.36. The molecule has 0 aliphatic rings. The molecule has 0 saturated carbocycles. The number of phenols is 2. The van der Waals surface area contributed by atoms with Gasteiger partial charge < -0.3 is 20.1 Å². The number of aromatic hydroxyl groups is 2. The Labute approximate surface area is 152 Å². The lowest BCUT2D eigenvalue weighted by atomic mass is 9.97. The van der Waals surface area contributed by atoms with Gasteiger partial charge in [-0.15, -0.1) is 0 Å². The van der Waals surface area contributed by atoms with E-state index in [1.807, 2.05) is 0 Å². The fraction of sp³-hybridized carbons (Fsp3) is 0.190. The average molecular weight is 354 g/mol. The van der Waals surface area contributed by atoms with Crippen molar-refractivity contribution in [1.82, 2.24) is 0 Å². The summed E-state index contributed by atoms with van der Waals surface area (Å²) in [5, 5.41) is 29.8. The van der Waals surface area contributed by atoms with Gasteiger partial charge in [-0.2, -0.15) is 0 Å². The first kappa shape index (κ1) is 19.3. The van der Waals surface area contributed by atoms with Crippen molar-refractivity contribution < 1.29 is 24.9 Å². The molecule has 0 bridgehead atoms. The molecule has 2 rings (SSSR count). The van der Waals surface area contributed by atoms with Gasteiger partial charge in [-0.25, -0.2) is 0 Å². The number of phenolic OH excluding ortho intramolecular Hbond substituents is 2. The summed E-state index contributed by atoms with van der Waals surface area (Å²) in [5.41, 5.74) is 1.76. The number of benzene rings is 2. The summed E-state index contributed by atoms with van der Waals surface area (Å²) in [6, 6.07) is 9.44. The van der Waals surface area contributed by atoms with Crippen LogP contribution in [0.4, 0.5) is 0 Å². The molecule has 1 atom stereocenters. The molecule has 5 heteroatoms. The van der Waals surface area contributed by atoms with Gasteiger partial charge in [0, 0.05) is 12.0 Å². The molecule has 0 spiro atoms. The Hall–Kier alpha value is -3.05. The minimum absolute atomic E-state index is 0.0904. The minimum Gasteiger partial charge on any atom is -0.508 e. The van der Waals surface area contributed by atoms with E-state index in [4.69, 9.17) is 4.74 Å². The highest BCUT2D eigenvalue weighted by Crippen LogP contribution is 2.33. The number of hydrogen-bond acceptors (Lipinski definition) is 5. The Morgan fingerprint density at radius 2 is 1.85 bits per heavy atom. The maximum Gasteiger partial charge on any atom is 0.189 e. The normalized spacial score (nSPS) is 12.1. The van der Waals surface area contributed by atoms with E-state index in [0.29, 0.717) is 16.9 Å². The van der Waals surface area contributed by atoms with Crippen molar-refractivity contribution >= 4 is 11.9 Å². The highest BCUT2D eigenvalue weighted by molar-refractivity contribution is 6.09. The third-order valence-electron chi connectivity index (χ3n) is 4.01. The molecule has 0 unspecified atom stereocenters. The van der Waals surface area contributed by atoms with Crippen LogP contribution in [0.2, 0.25) is 0 Å². The summed E-state index contributed by atoms with van der Waals surface area (Å²) in [7, 11) is 1.46. The SMILES string of the molecule is C=C(C)[C@H](O)Cc1c(OC)ccc(C(=O)/C=C/c2ccc(O)cc2)c1O. The van der Waals surface area contributed by atoms with Crippen LogP contribution in [-0.4, -0.2) is 34.3 Å². The topological polar surface area (TPSA) is 87.0 Å².